The summed E-state index contributed by atoms with van der Waals surface area (Å²) in [6.07, 6.45) is 4.94. The number of hydrogen-bond acceptors (Lipinski definition) is 6. The summed E-state index contributed by atoms with van der Waals surface area (Å²) < 4.78 is 11.4. The molecule has 1 saturated heterocycles. The topological polar surface area (TPSA) is 99.9 Å². The fourth-order valence-electron chi connectivity index (χ4n) is 2.02. The highest BCUT2D eigenvalue weighted by atomic mass is 16.7. The monoisotopic (exact) mass is 354 g/mol. The average molecular weight is 354 g/mol. The van der Waals surface area contributed by atoms with Gasteiger partial charge in [-0.3, -0.25) is 10.1 Å². The van der Waals surface area contributed by atoms with Crippen LogP contribution in [0.5, 0.6) is 0 Å². The van der Waals surface area contributed by atoms with Crippen LogP contribution < -0.4 is 11.2 Å². The Kier molecular flexibility index (Phi) is 7.79. The molecule has 1 aliphatic heterocycles. The van der Waals surface area contributed by atoms with Gasteiger partial charge < -0.3 is 19.1 Å². The lowest BCUT2D eigenvalue weighted by Crippen LogP contribution is -2.38. The van der Waals surface area contributed by atoms with Gasteiger partial charge in [-0.05, 0) is 38.7 Å². The first-order chi connectivity index (χ1) is 11.6. The summed E-state index contributed by atoms with van der Waals surface area (Å²) in [5, 5.41) is 2.48. The van der Waals surface area contributed by atoms with Gasteiger partial charge in [0.25, 0.3) is 0 Å². The Morgan fingerprint density at radius 3 is 2.56 bits per heavy atom. The van der Waals surface area contributed by atoms with E-state index in [4.69, 9.17) is 20.2 Å². The summed E-state index contributed by atoms with van der Waals surface area (Å²) in [5.74, 6) is 4.73. The van der Waals surface area contributed by atoms with E-state index in [2.05, 4.69) is 11.9 Å². The van der Waals surface area contributed by atoms with Crippen molar-refractivity contribution in [2.75, 3.05) is 13.2 Å². The predicted molar refractivity (Wildman–Crippen MR) is 93.8 cm³/mol. The average Bonchev–Trinajstić information content (AvgIpc) is 2.59. The molecular weight excluding hydrogens is 324 g/mol. The van der Waals surface area contributed by atoms with Crippen LogP contribution in [0, 0.1) is 10.8 Å². The standard InChI is InChI=1S/C18H30N2O5/c1-13(10-14(25-19)20-16(22)17(2,3)11-21)18(4,5)12-24-15-8-6-7-9-23-15/h10-11,15H,1,6-9,12,19H2,2-5H3,(H,20,22)/b14-10-. The van der Waals surface area contributed by atoms with E-state index in [9.17, 15) is 9.59 Å². The van der Waals surface area contributed by atoms with Gasteiger partial charge in [0, 0.05) is 18.1 Å². The first-order valence-electron chi connectivity index (χ1n) is 8.41. The molecule has 142 valence electrons. The minimum atomic E-state index is -1.18. The van der Waals surface area contributed by atoms with Crippen LogP contribution in [0.1, 0.15) is 47.0 Å². The molecule has 1 unspecified atom stereocenters. The summed E-state index contributed by atoms with van der Waals surface area (Å²) in [6.45, 7) is 12.1. The van der Waals surface area contributed by atoms with Crippen molar-refractivity contribution in [3.63, 3.8) is 0 Å². The summed E-state index contributed by atoms with van der Waals surface area (Å²) >= 11 is 0. The molecule has 1 fully saturated rings. The number of nitrogens with two attached hydrogens (primary N) is 1. The summed E-state index contributed by atoms with van der Waals surface area (Å²) in [7, 11) is 0. The van der Waals surface area contributed by atoms with Gasteiger partial charge in [0.2, 0.25) is 11.8 Å². The van der Waals surface area contributed by atoms with Gasteiger partial charge in [-0.15, -0.1) is 0 Å². The molecule has 1 amide bonds. The van der Waals surface area contributed by atoms with Crippen molar-refractivity contribution in [3.05, 3.63) is 24.1 Å². The Bertz CT molecular complexity index is 520. The lowest BCUT2D eigenvalue weighted by atomic mass is 9.86. The summed E-state index contributed by atoms with van der Waals surface area (Å²) in [6, 6.07) is 0. The Balaban J connectivity index is 2.68. The van der Waals surface area contributed by atoms with Crippen LogP contribution in [0.25, 0.3) is 0 Å². The van der Waals surface area contributed by atoms with Gasteiger partial charge in [0.1, 0.15) is 6.29 Å². The minimum absolute atomic E-state index is 0.0203. The first kappa shape index (κ1) is 21.3. The van der Waals surface area contributed by atoms with Crippen molar-refractivity contribution in [2.45, 2.75) is 53.2 Å². The van der Waals surface area contributed by atoms with Gasteiger partial charge in [0.05, 0.1) is 12.0 Å². The zero-order valence-corrected chi connectivity index (χ0v) is 15.6. The highest BCUT2D eigenvalue weighted by Crippen LogP contribution is 2.28. The smallest absolute Gasteiger partial charge is 0.239 e. The van der Waals surface area contributed by atoms with Crippen LogP contribution in [0.4, 0.5) is 0 Å². The van der Waals surface area contributed by atoms with Crippen molar-refractivity contribution in [2.24, 2.45) is 16.7 Å². The summed E-state index contributed by atoms with van der Waals surface area (Å²) in [4.78, 5) is 27.7. The van der Waals surface area contributed by atoms with Crippen LogP contribution in [-0.2, 0) is 23.9 Å². The largest absolute Gasteiger partial charge is 0.393 e. The molecule has 0 saturated carbocycles. The molecular formula is C18H30N2O5. The first-order valence-corrected chi connectivity index (χ1v) is 8.41. The van der Waals surface area contributed by atoms with Crippen molar-refractivity contribution in [3.8, 4) is 0 Å². The Labute approximate surface area is 149 Å². The molecule has 7 heteroatoms. The van der Waals surface area contributed by atoms with E-state index in [-0.39, 0.29) is 12.2 Å². The molecule has 3 N–H and O–H groups in total. The Morgan fingerprint density at radius 2 is 2.04 bits per heavy atom. The third kappa shape index (κ3) is 6.61. The zero-order chi connectivity index (χ0) is 19.1. The van der Waals surface area contributed by atoms with E-state index in [1.54, 1.807) is 0 Å². The molecule has 0 radical (unpaired) electrons. The van der Waals surface area contributed by atoms with Crippen molar-refractivity contribution >= 4 is 12.2 Å². The fourth-order valence-corrected chi connectivity index (χ4v) is 2.02. The van der Waals surface area contributed by atoms with Gasteiger partial charge in [-0.2, -0.15) is 5.90 Å². The zero-order valence-electron chi connectivity index (χ0n) is 15.6. The predicted octanol–water partition coefficient (Wildman–Crippen LogP) is 2.18. The van der Waals surface area contributed by atoms with E-state index >= 15 is 0 Å². The molecule has 0 aromatic heterocycles. The number of nitrogens with one attached hydrogen (secondary N) is 1. The lowest BCUT2D eigenvalue weighted by Gasteiger charge is -2.30. The lowest BCUT2D eigenvalue weighted by molar-refractivity contribution is -0.173. The van der Waals surface area contributed by atoms with Crippen LogP contribution >= 0.6 is 0 Å². The van der Waals surface area contributed by atoms with Crippen molar-refractivity contribution in [1.29, 1.82) is 0 Å². The quantitative estimate of drug-likeness (QED) is 0.216. The maximum atomic E-state index is 12.0. The molecule has 7 nitrogen and oxygen atoms in total. The van der Waals surface area contributed by atoms with E-state index in [1.807, 2.05) is 13.8 Å². The number of aldehydes is 1. The highest BCUT2D eigenvalue weighted by molar-refractivity contribution is 5.96. The van der Waals surface area contributed by atoms with Gasteiger partial charge in [-0.1, -0.05) is 20.4 Å². The van der Waals surface area contributed by atoms with Crippen molar-refractivity contribution in [1.82, 2.24) is 5.32 Å². The summed E-state index contributed by atoms with van der Waals surface area (Å²) in [5.41, 5.74) is -0.946. The van der Waals surface area contributed by atoms with Gasteiger partial charge in [0.15, 0.2) is 6.29 Å². The third-order valence-electron chi connectivity index (χ3n) is 4.19. The van der Waals surface area contributed by atoms with Gasteiger partial charge >= 0.3 is 0 Å². The van der Waals surface area contributed by atoms with Crippen molar-refractivity contribution < 1.29 is 23.9 Å². The molecule has 25 heavy (non-hydrogen) atoms. The SMILES string of the molecule is C=C(/C=C(/NC(=O)C(C)(C)C=O)ON)C(C)(C)COC1CCCCO1. The Hall–Kier alpha value is -1.70. The molecule has 0 aromatic rings. The second-order valence-corrected chi connectivity index (χ2v) is 7.44. The number of rotatable bonds is 9. The molecule has 0 aliphatic carbocycles. The van der Waals surface area contributed by atoms with E-state index in [0.29, 0.717) is 18.5 Å². The molecule has 0 aromatic carbocycles. The number of hydrogen-bond donors (Lipinski definition) is 2. The fraction of sp³-hybridized carbons (Fsp3) is 0.667. The number of ether oxygens (including phenoxy) is 2. The molecule has 1 rings (SSSR count). The molecule has 0 spiro atoms. The Morgan fingerprint density at radius 1 is 1.36 bits per heavy atom. The maximum Gasteiger partial charge on any atom is 0.239 e. The number of carbonyl (C=O) groups excluding carboxylic acids is 2. The van der Waals surface area contributed by atoms with Crippen LogP contribution in [0.3, 0.4) is 0 Å². The number of allylic oxidation sites excluding steroid dienone is 1. The minimum Gasteiger partial charge on any atom is -0.393 e. The van der Waals surface area contributed by atoms with E-state index in [0.717, 1.165) is 25.9 Å². The highest BCUT2D eigenvalue weighted by Gasteiger charge is 2.29. The molecule has 1 aliphatic rings. The second-order valence-electron chi connectivity index (χ2n) is 7.44. The van der Waals surface area contributed by atoms with E-state index in [1.165, 1.54) is 19.9 Å². The number of carbonyl (C=O) groups is 2. The maximum absolute atomic E-state index is 12.0. The number of amides is 1. The molecule has 1 heterocycles. The molecule has 1 atom stereocenters. The van der Waals surface area contributed by atoms with E-state index < -0.39 is 16.7 Å². The van der Waals surface area contributed by atoms with Crippen LogP contribution in [0.15, 0.2) is 24.1 Å². The second kappa shape index (κ2) is 9.12. The third-order valence-corrected chi connectivity index (χ3v) is 4.19. The van der Waals surface area contributed by atoms with Crippen LogP contribution in [-0.4, -0.2) is 31.7 Å². The normalized spacial score (nSPS) is 19.2. The van der Waals surface area contributed by atoms with Crippen LogP contribution in [0.2, 0.25) is 0 Å². The molecule has 0 bridgehead atoms. The van der Waals surface area contributed by atoms with Gasteiger partial charge in [-0.25, -0.2) is 0 Å².